The lowest BCUT2D eigenvalue weighted by Crippen LogP contribution is -2.38. The molecule has 1 fully saturated rings. The quantitative estimate of drug-likeness (QED) is 0.624. The van der Waals surface area contributed by atoms with Gasteiger partial charge >= 0.3 is 0 Å². The number of guanidine groups is 1. The molecule has 0 amide bonds. The van der Waals surface area contributed by atoms with E-state index in [1.54, 1.807) is 14.2 Å². The standard InChI is InChI=1S/C20H25N3O2/c1-14-12-17(14)23-20(21-2)22-13-15-8-10-16(11-9-15)25-19-7-5-4-6-18(19)24-3/h4-11,14,17H,12-13H2,1-3H3,(H2,21,22,23). The first-order chi connectivity index (χ1) is 12.2. The van der Waals surface area contributed by atoms with Crippen molar-refractivity contribution in [2.75, 3.05) is 14.2 Å². The van der Waals surface area contributed by atoms with Gasteiger partial charge in [-0.15, -0.1) is 0 Å². The van der Waals surface area contributed by atoms with Crippen LogP contribution in [0.4, 0.5) is 0 Å². The zero-order valence-corrected chi connectivity index (χ0v) is 15.0. The third-order valence-corrected chi connectivity index (χ3v) is 4.34. The molecule has 2 unspecified atom stereocenters. The van der Waals surface area contributed by atoms with E-state index in [0.717, 1.165) is 29.9 Å². The van der Waals surface area contributed by atoms with Gasteiger partial charge in [-0.2, -0.15) is 0 Å². The molecule has 1 aliphatic carbocycles. The lowest BCUT2D eigenvalue weighted by atomic mass is 10.2. The number of methoxy groups -OCH3 is 1. The van der Waals surface area contributed by atoms with E-state index in [0.29, 0.717) is 11.8 Å². The van der Waals surface area contributed by atoms with Gasteiger partial charge in [0, 0.05) is 19.6 Å². The van der Waals surface area contributed by atoms with Gasteiger partial charge in [-0.05, 0) is 42.2 Å². The maximum absolute atomic E-state index is 5.89. The zero-order chi connectivity index (χ0) is 17.6. The van der Waals surface area contributed by atoms with Gasteiger partial charge in [0.15, 0.2) is 17.5 Å². The summed E-state index contributed by atoms with van der Waals surface area (Å²) >= 11 is 0. The second-order valence-electron chi connectivity index (χ2n) is 6.29. The first-order valence-corrected chi connectivity index (χ1v) is 8.56. The van der Waals surface area contributed by atoms with Gasteiger partial charge in [0.1, 0.15) is 5.75 Å². The fraction of sp³-hybridized carbons (Fsp3) is 0.350. The van der Waals surface area contributed by atoms with E-state index in [1.165, 1.54) is 12.0 Å². The molecular formula is C20H25N3O2. The van der Waals surface area contributed by atoms with Crippen molar-refractivity contribution >= 4 is 5.96 Å². The lowest BCUT2D eigenvalue weighted by Gasteiger charge is -2.12. The number of nitrogens with one attached hydrogen (secondary N) is 2. The van der Waals surface area contributed by atoms with E-state index in [-0.39, 0.29) is 0 Å². The lowest BCUT2D eigenvalue weighted by molar-refractivity contribution is 0.379. The minimum absolute atomic E-state index is 0.558. The van der Waals surface area contributed by atoms with Crippen LogP contribution in [-0.4, -0.2) is 26.2 Å². The second kappa shape index (κ2) is 7.92. The first-order valence-electron chi connectivity index (χ1n) is 8.56. The Morgan fingerprint density at radius 2 is 1.80 bits per heavy atom. The fourth-order valence-corrected chi connectivity index (χ4v) is 2.58. The van der Waals surface area contributed by atoms with Crippen LogP contribution in [0.1, 0.15) is 18.9 Å². The van der Waals surface area contributed by atoms with Gasteiger partial charge in [-0.1, -0.05) is 31.2 Å². The molecule has 2 aromatic carbocycles. The number of para-hydroxylation sites is 2. The molecule has 1 aliphatic rings. The number of benzene rings is 2. The summed E-state index contributed by atoms with van der Waals surface area (Å²) in [5, 5.41) is 6.76. The Kier molecular flexibility index (Phi) is 5.43. The molecule has 0 aliphatic heterocycles. The number of hydrogen-bond donors (Lipinski definition) is 2. The van der Waals surface area contributed by atoms with Crippen LogP contribution in [0.25, 0.3) is 0 Å². The van der Waals surface area contributed by atoms with E-state index >= 15 is 0 Å². The van der Waals surface area contributed by atoms with Crippen LogP contribution in [0.15, 0.2) is 53.5 Å². The molecule has 0 spiro atoms. The summed E-state index contributed by atoms with van der Waals surface area (Å²) in [5.74, 6) is 3.80. The minimum atomic E-state index is 0.558. The average Bonchev–Trinajstić information content (AvgIpc) is 3.35. The van der Waals surface area contributed by atoms with Gasteiger partial charge in [-0.3, -0.25) is 4.99 Å². The number of aliphatic imine (C=N–C) groups is 1. The normalized spacial score (nSPS) is 19.2. The van der Waals surface area contributed by atoms with Crippen molar-refractivity contribution < 1.29 is 9.47 Å². The fourth-order valence-electron chi connectivity index (χ4n) is 2.58. The Labute approximate surface area is 149 Å². The molecular weight excluding hydrogens is 314 g/mol. The van der Waals surface area contributed by atoms with E-state index in [1.807, 2.05) is 48.5 Å². The predicted molar refractivity (Wildman–Crippen MR) is 100 cm³/mol. The Hall–Kier alpha value is -2.69. The highest BCUT2D eigenvalue weighted by Gasteiger charge is 2.33. The molecule has 2 aromatic rings. The molecule has 2 N–H and O–H groups in total. The van der Waals surface area contributed by atoms with E-state index in [9.17, 15) is 0 Å². The minimum Gasteiger partial charge on any atom is -0.493 e. The van der Waals surface area contributed by atoms with Crippen molar-refractivity contribution in [3.05, 3.63) is 54.1 Å². The van der Waals surface area contributed by atoms with Crippen molar-refractivity contribution in [1.29, 1.82) is 0 Å². The molecule has 2 atom stereocenters. The number of ether oxygens (including phenoxy) is 2. The van der Waals surface area contributed by atoms with Gasteiger partial charge in [-0.25, -0.2) is 0 Å². The third-order valence-electron chi connectivity index (χ3n) is 4.34. The van der Waals surface area contributed by atoms with Crippen LogP contribution in [0.3, 0.4) is 0 Å². The summed E-state index contributed by atoms with van der Waals surface area (Å²) in [6.45, 7) is 2.96. The molecule has 5 heteroatoms. The van der Waals surface area contributed by atoms with Gasteiger partial charge in [0.05, 0.1) is 7.11 Å². The summed E-state index contributed by atoms with van der Waals surface area (Å²) in [6, 6.07) is 16.2. The molecule has 5 nitrogen and oxygen atoms in total. The third kappa shape index (κ3) is 4.66. The molecule has 0 heterocycles. The van der Waals surface area contributed by atoms with Crippen molar-refractivity contribution in [3.8, 4) is 17.2 Å². The average molecular weight is 339 g/mol. The molecule has 3 rings (SSSR count). The van der Waals surface area contributed by atoms with Crippen LogP contribution in [0.5, 0.6) is 17.2 Å². The summed E-state index contributed by atoms with van der Waals surface area (Å²) in [7, 11) is 3.44. The second-order valence-corrected chi connectivity index (χ2v) is 6.29. The molecule has 0 aromatic heterocycles. The Balaban J connectivity index is 1.55. The van der Waals surface area contributed by atoms with Crippen molar-refractivity contribution in [1.82, 2.24) is 10.6 Å². The van der Waals surface area contributed by atoms with Crippen LogP contribution in [0, 0.1) is 5.92 Å². The Bertz CT molecular complexity index is 728. The van der Waals surface area contributed by atoms with Gasteiger partial charge in [0.2, 0.25) is 0 Å². The van der Waals surface area contributed by atoms with E-state index < -0.39 is 0 Å². The van der Waals surface area contributed by atoms with Crippen LogP contribution >= 0.6 is 0 Å². The number of rotatable bonds is 6. The molecule has 0 bridgehead atoms. The molecule has 1 saturated carbocycles. The molecule has 0 saturated heterocycles. The summed E-state index contributed by atoms with van der Waals surface area (Å²) < 4.78 is 11.2. The highest BCUT2D eigenvalue weighted by atomic mass is 16.5. The van der Waals surface area contributed by atoms with Crippen LogP contribution in [-0.2, 0) is 6.54 Å². The Morgan fingerprint density at radius 1 is 1.12 bits per heavy atom. The molecule has 25 heavy (non-hydrogen) atoms. The summed E-state index contributed by atoms with van der Waals surface area (Å²) in [5.41, 5.74) is 1.17. The van der Waals surface area contributed by atoms with Crippen LogP contribution in [0.2, 0.25) is 0 Å². The Morgan fingerprint density at radius 3 is 2.40 bits per heavy atom. The van der Waals surface area contributed by atoms with E-state index in [4.69, 9.17) is 9.47 Å². The SMILES string of the molecule is CN=C(NCc1ccc(Oc2ccccc2OC)cc1)NC1CC1C. The largest absolute Gasteiger partial charge is 0.493 e. The summed E-state index contributed by atoms with van der Waals surface area (Å²) in [6.07, 6.45) is 1.22. The van der Waals surface area contributed by atoms with Gasteiger partial charge in [0.25, 0.3) is 0 Å². The molecule has 132 valence electrons. The topological polar surface area (TPSA) is 54.9 Å². The number of nitrogens with zero attached hydrogens (tertiary/aromatic N) is 1. The van der Waals surface area contributed by atoms with Gasteiger partial charge < -0.3 is 20.1 Å². The maximum Gasteiger partial charge on any atom is 0.191 e. The first kappa shape index (κ1) is 17.1. The highest BCUT2D eigenvalue weighted by molar-refractivity contribution is 5.80. The zero-order valence-electron chi connectivity index (χ0n) is 15.0. The highest BCUT2D eigenvalue weighted by Crippen LogP contribution is 2.31. The molecule has 0 radical (unpaired) electrons. The van der Waals surface area contributed by atoms with Crippen molar-refractivity contribution in [3.63, 3.8) is 0 Å². The number of hydrogen-bond acceptors (Lipinski definition) is 3. The maximum atomic E-state index is 5.89. The van der Waals surface area contributed by atoms with E-state index in [2.05, 4.69) is 22.5 Å². The smallest absolute Gasteiger partial charge is 0.191 e. The predicted octanol–water partition coefficient (Wildman–Crippen LogP) is 3.56. The van der Waals surface area contributed by atoms with Crippen molar-refractivity contribution in [2.45, 2.75) is 25.9 Å². The van der Waals surface area contributed by atoms with Crippen LogP contribution < -0.4 is 20.1 Å². The summed E-state index contributed by atoms with van der Waals surface area (Å²) in [4.78, 5) is 4.27. The van der Waals surface area contributed by atoms with Crippen molar-refractivity contribution in [2.24, 2.45) is 10.9 Å². The monoisotopic (exact) mass is 339 g/mol.